The zero-order chi connectivity index (χ0) is 15.9. The molecule has 1 aliphatic rings. The second-order valence-corrected chi connectivity index (χ2v) is 7.06. The van der Waals surface area contributed by atoms with E-state index in [9.17, 15) is 9.90 Å². The summed E-state index contributed by atoms with van der Waals surface area (Å²) < 4.78 is 5.60. The first-order valence-electron chi connectivity index (χ1n) is 7.07. The van der Waals surface area contributed by atoms with Gasteiger partial charge in [0.15, 0.2) is 0 Å². The molecule has 0 bridgehead atoms. The van der Waals surface area contributed by atoms with Gasteiger partial charge in [0, 0.05) is 11.0 Å². The van der Waals surface area contributed by atoms with Gasteiger partial charge in [0.2, 0.25) is 0 Å². The molecule has 2 N–H and O–H groups in total. The first-order chi connectivity index (χ1) is 9.77. The summed E-state index contributed by atoms with van der Waals surface area (Å²) in [4.78, 5) is 9.60. The number of β-amino-alcohol motifs (C(OH)–C–C–N with tert-alkyl or cyclic N) is 1. The quantitative estimate of drug-likeness (QED) is 0.798. The van der Waals surface area contributed by atoms with Crippen molar-refractivity contribution in [2.45, 2.75) is 44.8 Å². The largest absolute Gasteiger partial charge is 0.462 e. The normalized spacial score (nSPS) is 22.0. The van der Waals surface area contributed by atoms with Gasteiger partial charge in [-0.2, -0.15) is 0 Å². The molecule has 5 heteroatoms. The Bertz CT molecular complexity index is 434. The van der Waals surface area contributed by atoms with Gasteiger partial charge >= 0.3 is 0 Å². The summed E-state index contributed by atoms with van der Waals surface area (Å²) in [7, 11) is 0. The fraction of sp³-hybridized carbons (Fsp3) is 0.562. The lowest BCUT2D eigenvalue weighted by Crippen LogP contribution is -2.43. The Morgan fingerprint density at radius 2 is 1.95 bits per heavy atom. The Balaban J connectivity index is 0.000000270. The van der Waals surface area contributed by atoms with Crippen LogP contribution in [0.2, 0.25) is 0 Å². The second-order valence-electron chi connectivity index (χ2n) is 6.15. The van der Waals surface area contributed by atoms with E-state index in [1.807, 2.05) is 45.0 Å². The van der Waals surface area contributed by atoms with Gasteiger partial charge in [-0.15, -0.1) is 0 Å². The molecule has 0 amide bonds. The van der Waals surface area contributed by atoms with Gasteiger partial charge in [0.05, 0.1) is 0 Å². The predicted octanol–water partition coefficient (Wildman–Crippen LogP) is 2.98. The summed E-state index contributed by atoms with van der Waals surface area (Å²) in [6.45, 7) is 7.59. The van der Waals surface area contributed by atoms with Gasteiger partial charge in [-0.3, -0.25) is 4.79 Å². The molecule has 1 heterocycles. The van der Waals surface area contributed by atoms with E-state index in [1.165, 1.54) is 0 Å². The van der Waals surface area contributed by atoms with Crippen molar-refractivity contribution >= 4 is 22.4 Å². The molecule has 4 nitrogen and oxygen atoms in total. The van der Waals surface area contributed by atoms with Crippen LogP contribution >= 0.6 is 15.9 Å². The van der Waals surface area contributed by atoms with E-state index in [4.69, 9.17) is 0 Å². The van der Waals surface area contributed by atoms with Crippen LogP contribution < -0.4 is 5.32 Å². The molecule has 1 atom stereocenters. The Morgan fingerprint density at radius 1 is 1.33 bits per heavy atom. The van der Waals surface area contributed by atoms with Crippen LogP contribution in [0.3, 0.4) is 0 Å². The smallest absolute Gasteiger partial charge is 0.293 e. The third-order valence-corrected chi connectivity index (χ3v) is 3.67. The number of halogens is 1. The molecule has 1 aromatic carbocycles. The highest BCUT2D eigenvalue weighted by molar-refractivity contribution is 9.10. The number of hydrogen-bond donors (Lipinski definition) is 2. The van der Waals surface area contributed by atoms with Crippen molar-refractivity contribution in [3.63, 3.8) is 0 Å². The van der Waals surface area contributed by atoms with Crippen LogP contribution in [0.5, 0.6) is 0 Å². The number of benzene rings is 1. The molecule has 0 saturated carbocycles. The maximum atomic E-state index is 10.4. The molecular weight excluding hydrogens is 334 g/mol. The first-order valence-corrected chi connectivity index (χ1v) is 7.87. The molecule has 0 radical (unpaired) electrons. The highest BCUT2D eigenvalue weighted by atomic mass is 79.9. The Morgan fingerprint density at radius 3 is 2.33 bits per heavy atom. The molecule has 21 heavy (non-hydrogen) atoms. The molecule has 1 unspecified atom stereocenters. The Hall–Kier alpha value is -0.910. The minimum absolute atomic E-state index is 0.318. The zero-order valence-corrected chi connectivity index (χ0v) is 14.4. The van der Waals surface area contributed by atoms with Gasteiger partial charge in [-0.1, -0.05) is 28.1 Å². The molecule has 1 fully saturated rings. The Kier molecular flexibility index (Phi) is 6.84. The minimum atomic E-state index is -0.668. The van der Waals surface area contributed by atoms with E-state index in [0.717, 1.165) is 29.4 Å². The number of rotatable bonds is 2. The zero-order valence-electron chi connectivity index (χ0n) is 12.9. The van der Waals surface area contributed by atoms with Crippen molar-refractivity contribution in [2.75, 3.05) is 13.1 Å². The molecule has 2 rings (SSSR count). The number of carbonyl (C=O) groups is 1. The van der Waals surface area contributed by atoms with Crippen molar-refractivity contribution in [3.05, 3.63) is 34.3 Å². The van der Waals surface area contributed by atoms with Gasteiger partial charge in [0.25, 0.3) is 6.47 Å². The standard InChI is InChI=1S/C11H14BrNO.C5H10O2/c12-10-4-2-9(3-5-10)11(14)6-1-7-13-8-11;1-5(2,3)7-4-6/h2-5,13-14H,1,6-8H2;4H,1-3H3. The van der Waals surface area contributed by atoms with Crippen molar-refractivity contribution < 1.29 is 14.6 Å². The van der Waals surface area contributed by atoms with Crippen LogP contribution in [-0.4, -0.2) is 30.3 Å². The van der Waals surface area contributed by atoms with E-state index in [2.05, 4.69) is 26.0 Å². The molecule has 1 aliphatic heterocycles. The number of hydrogen-bond acceptors (Lipinski definition) is 4. The molecule has 1 saturated heterocycles. The molecule has 0 spiro atoms. The van der Waals surface area contributed by atoms with Crippen LogP contribution in [0.15, 0.2) is 28.7 Å². The lowest BCUT2D eigenvalue weighted by atomic mass is 9.87. The fourth-order valence-corrected chi connectivity index (χ4v) is 2.30. The molecule has 0 aliphatic carbocycles. The summed E-state index contributed by atoms with van der Waals surface area (Å²) in [5, 5.41) is 13.6. The fourth-order valence-electron chi connectivity index (χ4n) is 2.04. The second kappa shape index (κ2) is 7.92. The van der Waals surface area contributed by atoms with Crippen molar-refractivity contribution in [1.82, 2.24) is 5.32 Å². The summed E-state index contributed by atoms with van der Waals surface area (Å²) in [5.41, 5.74) is 0.0219. The summed E-state index contributed by atoms with van der Waals surface area (Å²) in [6.07, 6.45) is 1.88. The number of nitrogens with one attached hydrogen (secondary N) is 1. The van der Waals surface area contributed by atoms with Crippen LogP contribution in [-0.2, 0) is 15.1 Å². The molecular formula is C16H24BrNO3. The predicted molar refractivity (Wildman–Crippen MR) is 87.0 cm³/mol. The van der Waals surface area contributed by atoms with Crippen molar-refractivity contribution in [3.8, 4) is 0 Å². The molecule has 1 aromatic rings. The highest BCUT2D eigenvalue weighted by Crippen LogP contribution is 2.28. The lowest BCUT2D eigenvalue weighted by Gasteiger charge is -2.33. The average Bonchev–Trinajstić information content (AvgIpc) is 2.39. The summed E-state index contributed by atoms with van der Waals surface area (Å²) in [5.74, 6) is 0. The lowest BCUT2D eigenvalue weighted by molar-refractivity contribution is -0.138. The van der Waals surface area contributed by atoms with E-state index in [1.54, 1.807) is 0 Å². The van der Waals surface area contributed by atoms with Crippen LogP contribution in [0.25, 0.3) is 0 Å². The maximum Gasteiger partial charge on any atom is 0.293 e. The minimum Gasteiger partial charge on any atom is -0.462 e. The number of carbonyl (C=O) groups excluding carboxylic acids is 1. The highest BCUT2D eigenvalue weighted by Gasteiger charge is 2.30. The maximum absolute atomic E-state index is 10.4. The van der Waals surface area contributed by atoms with E-state index >= 15 is 0 Å². The van der Waals surface area contributed by atoms with Crippen LogP contribution in [0.4, 0.5) is 0 Å². The van der Waals surface area contributed by atoms with Gasteiger partial charge in [-0.05, 0) is 57.9 Å². The molecule has 118 valence electrons. The monoisotopic (exact) mass is 357 g/mol. The SMILES string of the molecule is CC(C)(C)OC=O.OC1(c2ccc(Br)cc2)CCCNC1. The Labute approximate surface area is 135 Å². The van der Waals surface area contributed by atoms with Crippen LogP contribution in [0.1, 0.15) is 39.2 Å². The average molecular weight is 358 g/mol. The third-order valence-electron chi connectivity index (χ3n) is 3.14. The van der Waals surface area contributed by atoms with Crippen LogP contribution in [0, 0.1) is 0 Å². The topological polar surface area (TPSA) is 58.6 Å². The number of aliphatic hydroxyl groups is 1. The number of piperidine rings is 1. The summed E-state index contributed by atoms with van der Waals surface area (Å²) >= 11 is 3.39. The van der Waals surface area contributed by atoms with E-state index in [0.29, 0.717) is 13.0 Å². The van der Waals surface area contributed by atoms with Crippen molar-refractivity contribution in [2.24, 2.45) is 0 Å². The van der Waals surface area contributed by atoms with Gasteiger partial charge in [-0.25, -0.2) is 0 Å². The van der Waals surface area contributed by atoms with Crippen molar-refractivity contribution in [1.29, 1.82) is 0 Å². The van der Waals surface area contributed by atoms with E-state index in [-0.39, 0.29) is 5.60 Å². The molecule has 0 aromatic heterocycles. The first kappa shape index (κ1) is 18.1. The van der Waals surface area contributed by atoms with Gasteiger partial charge in [0.1, 0.15) is 11.2 Å². The number of ether oxygens (including phenoxy) is 1. The summed E-state index contributed by atoms with van der Waals surface area (Å²) in [6, 6.07) is 7.91. The third kappa shape index (κ3) is 6.59. The van der Waals surface area contributed by atoms with E-state index < -0.39 is 5.60 Å². The van der Waals surface area contributed by atoms with Gasteiger partial charge < -0.3 is 15.2 Å².